The van der Waals surface area contributed by atoms with Crippen molar-refractivity contribution in [2.45, 2.75) is 6.43 Å². The summed E-state index contributed by atoms with van der Waals surface area (Å²) >= 11 is 0. The van der Waals surface area contributed by atoms with Crippen LogP contribution in [0.2, 0.25) is 0 Å². The zero-order valence-electron chi connectivity index (χ0n) is 8.35. The third-order valence-corrected chi connectivity index (χ3v) is 1.96. The quantitative estimate of drug-likeness (QED) is 0.791. The first-order valence-electron chi connectivity index (χ1n) is 4.70. The molecule has 2 rings (SSSR count). The maximum Gasteiger partial charge on any atom is 0.272 e. The minimum atomic E-state index is -2.50. The number of hydroxylamine groups is 1. The Bertz CT molecular complexity index is 377. The van der Waals surface area contributed by atoms with Crippen LogP contribution in [0.25, 0.3) is 0 Å². The van der Waals surface area contributed by atoms with Crippen LogP contribution in [0.15, 0.2) is 29.3 Å². The number of hydrogen-bond donors (Lipinski definition) is 0. The van der Waals surface area contributed by atoms with E-state index in [0.717, 1.165) is 0 Å². The van der Waals surface area contributed by atoms with E-state index in [1.54, 1.807) is 24.3 Å². The van der Waals surface area contributed by atoms with Crippen LogP contribution >= 0.6 is 0 Å². The van der Waals surface area contributed by atoms with Gasteiger partial charge in [0.2, 0.25) is 6.40 Å². The van der Waals surface area contributed by atoms with Gasteiger partial charge in [0.25, 0.3) is 6.43 Å². The van der Waals surface area contributed by atoms with Gasteiger partial charge >= 0.3 is 0 Å². The van der Waals surface area contributed by atoms with E-state index in [1.807, 2.05) is 0 Å². The minimum absolute atomic E-state index is 0.328. The molecule has 1 aromatic rings. The highest BCUT2D eigenvalue weighted by Gasteiger charge is 2.16. The fourth-order valence-corrected chi connectivity index (χ4v) is 1.30. The van der Waals surface area contributed by atoms with Crippen molar-refractivity contribution in [1.82, 2.24) is 0 Å². The highest BCUT2D eigenvalue weighted by molar-refractivity contribution is 5.62. The first-order valence-corrected chi connectivity index (χ1v) is 4.70. The molecule has 0 amide bonds. The zero-order chi connectivity index (χ0) is 11.4. The first kappa shape index (κ1) is 10.7. The first-order chi connectivity index (χ1) is 7.77. The van der Waals surface area contributed by atoms with Crippen molar-refractivity contribution < 1.29 is 18.4 Å². The molecule has 0 N–H and O–H groups in total. The van der Waals surface area contributed by atoms with Gasteiger partial charge in [0.1, 0.15) is 24.7 Å². The van der Waals surface area contributed by atoms with Crippen molar-refractivity contribution in [2.75, 3.05) is 18.3 Å². The fourth-order valence-electron chi connectivity index (χ4n) is 1.30. The third-order valence-electron chi connectivity index (χ3n) is 1.96. The summed E-state index contributed by atoms with van der Waals surface area (Å²) < 4.78 is 29.1. The summed E-state index contributed by atoms with van der Waals surface area (Å²) in [5.74, 6) is 0.355. The summed E-state index contributed by atoms with van der Waals surface area (Å²) in [6.07, 6.45) is -1.20. The van der Waals surface area contributed by atoms with Crippen LogP contribution in [0.1, 0.15) is 0 Å². The maximum atomic E-state index is 12.0. The molecule has 0 aliphatic carbocycles. The molecule has 0 bridgehead atoms. The number of anilines is 1. The maximum absolute atomic E-state index is 12.0. The number of hydrogen-bond acceptors (Lipinski definition) is 4. The summed E-state index contributed by atoms with van der Waals surface area (Å²) in [4.78, 5) is 8.91. The molecule has 0 atom stereocenters. The molecule has 0 spiro atoms. The van der Waals surface area contributed by atoms with Gasteiger partial charge in [0, 0.05) is 0 Å². The Morgan fingerprint density at radius 2 is 2.25 bits per heavy atom. The van der Waals surface area contributed by atoms with Crippen molar-refractivity contribution in [3.05, 3.63) is 24.3 Å². The van der Waals surface area contributed by atoms with Gasteiger partial charge < -0.3 is 9.57 Å². The molecule has 1 aliphatic heterocycles. The minimum Gasteiger partial charge on any atom is -0.485 e. The lowest BCUT2D eigenvalue weighted by Crippen LogP contribution is -2.19. The topological polar surface area (TPSA) is 34.1 Å². The molecule has 1 aliphatic rings. The Kier molecular flexibility index (Phi) is 3.19. The second kappa shape index (κ2) is 4.78. The number of alkyl halides is 2. The van der Waals surface area contributed by atoms with Crippen molar-refractivity contribution in [3.8, 4) is 5.75 Å². The Morgan fingerprint density at radius 1 is 1.44 bits per heavy atom. The summed E-state index contributed by atoms with van der Waals surface area (Å²) in [6, 6.07) is 6.81. The fraction of sp³-hybridized carbons (Fsp3) is 0.300. The lowest BCUT2D eigenvalue weighted by Gasteiger charge is -2.18. The van der Waals surface area contributed by atoms with Gasteiger partial charge in [0.05, 0.1) is 0 Å². The van der Waals surface area contributed by atoms with Gasteiger partial charge in [0.15, 0.2) is 0 Å². The molecule has 4 nitrogen and oxygen atoms in total. The molecule has 86 valence electrons. The van der Waals surface area contributed by atoms with Gasteiger partial charge in [-0.2, -0.15) is 5.06 Å². The van der Waals surface area contributed by atoms with E-state index in [2.05, 4.69) is 4.99 Å². The molecule has 16 heavy (non-hydrogen) atoms. The Hall–Kier alpha value is -1.85. The zero-order valence-corrected chi connectivity index (χ0v) is 8.35. The molecule has 0 aromatic heterocycles. The molecule has 0 unspecified atom stereocenters. The molecule has 0 saturated heterocycles. The number of rotatable bonds is 4. The molecule has 6 heteroatoms. The Morgan fingerprint density at radius 3 is 2.94 bits per heavy atom. The van der Waals surface area contributed by atoms with Crippen molar-refractivity contribution in [1.29, 1.82) is 0 Å². The van der Waals surface area contributed by atoms with E-state index < -0.39 is 13.0 Å². The number of halogens is 2. The number of ether oxygens (including phenoxy) is 1. The van der Waals surface area contributed by atoms with Crippen LogP contribution in [-0.2, 0) is 4.84 Å². The molecule has 0 fully saturated rings. The van der Waals surface area contributed by atoms with E-state index in [4.69, 9.17) is 9.57 Å². The molecular formula is C10H10F2N2O2. The summed E-state index contributed by atoms with van der Waals surface area (Å²) in [5, 5.41) is 1.46. The van der Waals surface area contributed by atoms with Crippen LogP contribution in [0.3, 0.4) is 0 Å². The molecule has 0 radical (unpaired) electrons. The van der Waals surface area contributed by atoms with E-state index in [1.165, 1.54) is 11.5 Å². The van der Waals surface area contributed by atoms with Gasteiger partial charge in [-0.25, -0.2) is 13.8 Å². The van der Waals surface area contributed by atoms with Gasteiger partial charge in [-0.05, 0) is 12.1 Å². The SMILES string of the molecule is FC(F)COc1ccccc1N1CN=CO1. The Labute approximate surface area is 91.1 Å². The van der Waals surface area contributed by atoms with E-state index in [-0.39, 0.29) is 0 Å². The van der Waals surface area contributed by atoms with E-state index >= 15 is 0 Å². The Balaban J connectivity index is 2.10. The van der Waals surface area contributed by atoms with Gasteiger partial charge in [-0.3, -0.25) is 0 Å². The summed E-state index contributed by atoms with van der Waals surface area (Å²) in [7, 11) is 0. The van der Waals surface area contributed by atoms with Crippen molar-refractivity contribution >= 4 is 12.1 Å². The predicted molar refractivity (Wildman–Crippen MR) is 54.9 cm³/mol. The monoisotopic (exact) mass is 228 g/mol. The summed E-state index contributed by atoms with van der Waals surface area (Å²) in [5.41, 5.74) is 0.584. The van der Waals surface area contributed by atoms with Crippen LogP contribution in [-0.4, -0.2) is 26.1 Å². The standard InChI is InChI=1S/C10H10F2N2O2/c11-10(12)5-15-9-4-2-1-3-8(9)14-6-13-7-16-14/h1-4,7,10H,5-6H2. The van der Waals surface area contributed by atoms with Crippen molar-refractivity contribution in [3.63, 3.8) is 0 Å². The number of aliphatic imine (C=N–C) groups is 1. The van der Waals surface area contributed by atoms with Crippen molar-refractivity contribution in [2.24, 2.45) is 4.99 Å². The van der Waals surface area contributed by atoms with E-state index in [0.29, 0.717) is 18.1 Å². The number of benzene rings is 1. The third kappa shape index (κ3) is 2.39. The number of para-hydroxylation sites is 2. The van der Waals surface area contributed by atoms with Crippen LogP contribution in [0.4, 0.5) is 14.5 Å². The lowest BCUT2D eigenvalue weighted by molar-refractivity contribution is 0.0816. The van der Waals surface area contributed by atoms with E-state index in [9.17, 15) is 8.78 Å². The average molecular weight is 228 g/mol. The predicted octanol–water partition coefficient (Wildman–Crippen LogP) is 2.07. The second-order valence-electron chi connectivity index (χ2n) is 3.08. The highest BCUT2D eigenvalue weighted by atomic mass is 19.3. The van der Waals surface area contributed by atoms with Crippen LogP contribution in [0.5, 0.6) is 5.75 Å². The number of nitrogens with zero attached hydrogens (tertiary/aromatic N) is 2. The lowest BCUT2D eigenvalue weighted by atomic mass is 10.3. The summed E-state index contributed by atoms with van der Waals surface area (Å²) in [6.45, 7) is -0.305. The molecular weight excluding hydrogens is 218 g/mol. The van der Waals surface area contributed by atoms with Crippen LogP contribution in [0, 0.1) is 0 Å². The average Bonchev–Trinajstić information content (AvgIpc) is 2.80. The van der Waals surface area contributed by atoms with Gasteiger partial charge in [-0.15, -0.1) is 0 Å². The van der Waals surface area contributed by atoms with Gasteiger partial charge in [-0.1, -0.05) is 12.1 Å². The largest absolute Gasteiger partial charge is 0.485 e. The molecule has 1 aromatic carbocycles. The van der Waals surface area contributed by atoms with Crippen LogP contribution < -0.4 is 9.80 Å². The molecule has 1 heterocycles. The molecule has 0 saturated carbocycles. The second-order valence-corrected chi connectivity index (χ2v) is 3.08. The smallest absolute Gasteiger partial charge is 0.272 e. The normalized spacial score (nSPS) is 14.3. The highest BCUT2D eigenvalue weighted by Crippen LogP contribution is 2.29.